The van der Waals surface area contributed by atoms with E-state index in [2.05, 4.69) is 5.32 Å². The van der Waals surface area contributed by atoms with E-state index in [-0.39, 0.29) is 30.3 Å². The number of benzene rings is 1. The Hall–Kier alpha value is -1.47. The van der Waals surface area contributed by atoms with Gasteiger partial charge in [-0.1, -0.05) is 11.6 Å². The summed E-state index contributed by atoms with van der Waals surface area (Å²) in [5, 5.41) is 3.25. The van der Waals surface area contributed by atoms with Crippen LogP contribution < -0.4 is 10.1 Å². The van der Waals surface area contributed by atoms with Gasteiger partial charge in [-0.3, -0.25) is 0 Å². The van der Waals surface area contributed by atoms with Crippen molar-refractivity contribution in [3.05, 3.63) is 29.3 Å². The van der Waals surface area contributed by atoms with E-state index in [9.17, 15) is 13.2 Å². The third-order valence-corrected chi connectivity index (χ3v) is 5.53. The number of sulfone groups is 1. The normalized spacial score (nSPS) is 19.6. The van der Waals surface area contributed by atoms with Crippen LogP contribution in [0.15, 0.2) is 24.3 Å². The van der Waals surface area contributed by atoms with Crippen LogP contribution in [-0.4, -0.2) is 50.2 Å². The van der Waals surface area contributed by atoms with Gasteiger partial charge in [0.1, 0.15) is 5.75 Å². The second-order valence-electron chi connectivity index (χ2n) is 5.07. The van der Waals surface area contributed by atoms with Crippen LogP contribution in [-0.2, 0) is 9.84 Å². The maximum atomic E-state index is 12.1. The molecule has 0 saturated carbocycles. The zero-order valence-electron chi connectivity index (χ0n) is 12.3. The Balaban J connectivity index is 1.83. The summed E-state index contributed by atoms with van der Waals surface area (Å²) >= 11 is 5.77. The van der Waals surface area contributed by atoms with E-state index in [1.54, 1.807) is 24.3 Å². The summed E-state index contributed by atoms with van der Waals surface area (Å²) in [4.78, 5) is 13.7. The van der Waals surface area contributed by atoms with Gasteiger partial charge in [-0.25, -0.2) is 13.2 Å². The van der Waals surface area contributed by atoms with E-state index in [0.29, 0.717) is 23.7 Å². The summed E-state index contributed by atoms with van der Waals surface area (Å²) in [6.07, 6.45) is 0.488. The highest BCUT2D eigenvalue weighted by atomic mass is 35.5. The van der Waals surface area contributed by atoms with Gasteiger partial charge >= 0.3 is 6.03 Å². The van der Waals surface area contributed by atoms with Crippen LogP contribution >= 0.6 is 11.6 Å². The van der Waals surface area contributed by atoms with Crippen LogP contribution in [0.1, 0.15) is 13.3 Å². The number of amides is 2. The fourth-order valence-electron chi connectivity index (χ4n) is 2.40. The molecule has 0 aliphatic carbocycles. The number of rotatable bonds is 5. The molecule has 0 aromatic heterocycles. The molecule has 8 heteroatoms. The van der Waals surface area contributed by atoms with E-state index in [4.69, 9.17) is 16.3 Å². The zero-order chi connectivity index (χ0) is 16.2. The number of ether oxygens (including phenoxy) is 1. The van der Waals surface area contributed by atoms with Crippen molar-refractivity contribution in [1.29, 1.82) is 0 Å². The highest BCUT2D eigenvalue weighted by molar-refractivity contribution is 7.91. The fraction of sp³-hybridized carbons (Fsp3) is 0.500. The van der Waals surface area contributed by atoms with E-state index < -0.39 is 9.84 Å². The van der Waals surface area contributed by atoms with Crippen molar-refractivity contribution in [3.63, 3.8) is 0 Å². The molecular weight excluding hydrogens is 328 g/mol. The Morgan fingerprint density at radius 1 is 1.41 bits per heavy atom. The third kappa shape index (κ3) is 4.51. The van der Waals surface area contributed by atoms with Gasteiger partial charge in [0.25, 0.3) is 0 Å². The number of nitrogens with one attached hydrogen (secondary N) is 1. The van der Waals surface area contributed by atoms with Gasteiger partial charge in [-0.2, -0.15) is 0 Å². The van der Waals surface area contributed by atoms with E-state index >= 15 is 0 Å². The van der Waals surface area contributed by atoms with Crippen molar-refractivity contribution >= 4 is 27.5 Å². The lowest BCUT2D eigenvalue weighted by Crippen LogP contribution is -2.47. The monoisotopic (exact) mass is 346 g/mol. The number of carbonyl (C=O) groups is 1. The molecule has 6 nitrogen and oxygen atoms in total. The number of hydrogen-bond donors (Lipinski definition) is 1. The molecule has 0 bridgehead atoms. The summed E-state index contributed by atoms with van der Waals surface area (Å²) in [7, 11) is -3.02. The number of hydrogen-bond acceptors (Lipinski definition) is 4. The highest BCUT2D eigenvalue weighted by Crippen LogP contribution is 2.18. The molecule has 1 aliphatic rings. The minimum absolute atomic E-state index is 0.0104. The lowest BCUT2D eigenvalue weighted by Gasteiger charge is -2.26. The number of carbonyl (C=O) groups excluding carboxylic acids is 1. The number of urea groups is 1. The average molecular weight is 347 g/mol. The van der Waals surface area contributed by atoms with E-state index in [0.717, 1.165) is 0 Å². The predicted octanol–water partition coefficient (Wildman–Crippen LogP) is 1.89. The van der Waals surface area contributed by atoms with Crippen molar-refractivity contribution in [2.24, 2.45) is 0 Å². The Morgan fingerprint density at radius 3 is 2.64 bits per heavy atom. The maximum absolute atomic E-state index is 12.1. The highest BCUT2D eigenvalue weighted by Gasteiger charge is 2.33. The molecular formula is C14H19ClN2O4S. The van der Waals surface area contributed by atoms with Crippen molar-refractivity contribution in [2.75, 3.05) is 24.8 Å². The summed E-state index contributed by atoms with van der Waals surface area (Å²) in [5.74, 6) is 0.769. The van der Waals surface area contributed by atoms with Gasteiger partial charge in [0.15, 0.2) is 16.6 Å². The third-order valence-electron chi connectivity index (χ3n) is 3.53. The van der Waals surface area contributed by atoms with Crippen molar-refractivity contribution < 1.29 is 17.9 Å². The first-order chi connectivity index (χ1) is 10.4. The van der Waals surface area contributed by atoms with Crippen molar-refractivity contribution in [2.45, 2.75) is 19.4 Å². The average Bonchev–Trinajstić information content (AvgIpc) is 2.82. The molecule has 1 aliphatic heterocycles. The zero-order valence-corrected chi connectivity index (χ0v) is 13.9. The molecule has 1 heterocycles. The van der Waals surface area contributed by atoms with Crippen LogP contribution in [0, 0.1) is 0 Å². The molecule has 22 heavy (non-hydrogen) atoms. The first-order valence-corrected chi connectivity index (χ1v) is 9.24. The van der Waals surface area contributed by atoms with Gasteiger partial charge in [0.2, 0.25) is 0 Å². The molecule has 1 N–H and O–H groups in total. The van der Waals surface area contributed by atoms with Gasteiger partial charge in [0, 0.05) is 17.6 Å². The Bertz CT molecular complexity index is 618. The van der Waals surface area contributed by atoms with E-state index in [1.807, 2.05) is 6.92 Å². The molecule has 0 spiro atoms. The molecule has 1 saturated heterocycles. The van der Waals surface area contributed by atoms with Gasteiger partial charge in [-0.05, 0) is 37.6 Å². The topological polar surface area (TPSA) is 75.7 Å². The summed E-state index contributed by atoms with van der Waals surface area (Å²) < 4.78 is 28.4. The van der Waals surface area contributed by atoms with Crippen LogP contribution in [0.5, 0.6) is 5.75 Å². The molecule has 2 rings (SSSR count). The SMILES string of the molecule is CCN(C(=O)NCOc1ccc(Cl)cc1)C1CCS(=O)(=O)C1. The quantitative estimate of drug-likeness (QED) is 0.826. The second-order valence-corrected chi connectivity index (χ2v) is 7.73. The van der Waals surface area contributed by atoms with Crippen LogP contribution in [0.3, 0.4) is 0 Å². The van der Waals surface area contributed by atoms with Gasteiger partial charge < -0.3 is 15.0 Å². The van der Waals surface area contributed by atoms with Crippen LogP contribution in [0.25, 0.3) is 0 Å². The number of nitrogens with zero attached hydrogens (tertiary/aromatic N) is 1. The molecule has 2 amide bonds. The number of halogens is 1. The van der Waals surface area contributed by atoms with Crippen molar-refractivity contribution in [1.82, 2.24) is 10.2 Å². The standard InChI is InChI=1S/C14H19ClN2O4S/c1-2-17(12-7-8-22(19,20)9-12)14(18)16-10-21-13-5-3-11(15)4-6-13/h3-6,12H,2,7-10H2,1H3,(H,16,18). The van der Waals surface area contributed by atoms with Crippen LogP contribution in [0.2, 0.25) is 5.02 Å². The van der Waals surface area contributed by atoms with Crippen LogP contribution in [0.4, 0.5) is 4.79 Å². The summed E-state index contributed by atoms with van der Waals surface area (Å²) in [6, 6.07) is 6.22. The fourth-order valence-corrected chi connectivity index (χ4v) is 4.26. The molecule has 1 unspecified atom stereocenters. The molecule has 122 valence electrons. The lowest BCUT2D eigenvalue weighted by molar-refractivity contribution is 0.172. The Morgan fingerprint density at radius 2 is 2.09 bits per heavy atom. The first kappa shape index (κ1) is 16.9. The largest absolute Gasteiger partial charge is 0.473 e. The molecule has 1 atom stereocenters. The smallest absolute Gasteiger partial charge is 0.320 e. The summed E-state index contributed by atoms with van der Waals surface area (Å²) in [6.45, 7) is 2.29. The van der Waals surface area contributed by atoms with Gasteiger partial charge in [0.05, 0.1) is 11.5 Å². The molecule has 1 fully saturated rings. The molecule has 1 aromatic carbocycles. The molecule has 0 radical (unpaired) electrons. The molecule has 1 aromatic rings. The van der Waals surface area contributed by atoms with Crippen molar-refractivity contribution in [3.8, 4) is 5.75 Å². The minimum atomic E-state index is -3.02. The van der Waals surface area contributed by atoms with E-state index in [1.165, 1.54) is 4.90 Å². The summed E-state index contributed by atoms with van der Waals surface area (Å²) in [5.41, 5.74) is 0. The maximum Gasteiger partial charge on any atom is 0.320 e. The second kappa shape index (κ2) is 7.19. The minimum Gasteiger partial charge on any atom is -0.473 e. The Labute approximate surface area is 135 Å². The lowest BCUT2D eigenvalue weighted by atomic mass is 10.2. The predicted molar refractivity (Wildman–Crippen MR) is 84.9 cm³/mol. The Kier molecular flexibility index (Phi) is 5.52. The first-order valence-electron chi connectivity index (χ1n) is 7.04. The van der Waals surface area contributed by atoms with Gasteiger partial charge in [-0.15, -0.1) is 0 Å².